The van der Waals surface area contributed by atoms with Gasteiger partial charge in [0.25, 0.3) is 5.91 Å². The average molecular weight is 451 g/mol. The lowest BCUT2D eigenvalue weighted by atomic mass is 9.88. The van der Waals surface area contributed by atoms with Crippen LogP contribution in [0.15, 0.2) is 42.6 Å². The molecule has 1 aromatic carbocycles. The van der Waals surface area contributed by atoms with Gasteiger partial charge in [-0.15, -0.1) is 0 Å². The van der Waals surface area contributed by atoms with E-state index < -0.39 is 6.61 Å². The van der Waals surface area contributed by atoms with Crippen molar-refractivity contribution in [3.63, 3.8) is 0 Å². The number of carbonyl (C=O) groups excluding carboxylic acids is 1. The van der Waals surface area contributed by atoms with Crippen LogP contribution in [0.3, 0.4) is 0 Å². The first-order valence-corrected chi connectivity index (χ1v) is 11.2. The number of aliphatic hydroxyl groups is 1. The first-order chi connectivity index (χ1) is 15.9. The van der Waals surface area contributed by atoms with E-state index in [9.17, 15) is 18.7 Å². The summed E-state index contributed by atoms with van der Waals surface area (Å²) in [5, 5.41) is 14.6. The molecule has 2 aliphatic carbocycles. The molecule has 2 aromatic heterocycles. The molecular weight excluding hydrogens is 428 g/mol. The maximum atomic E-state index is 13.2. The van der Waals surface area contributed by atoms with Crippen molar-refractivity contribution in [1.82, 2.24) is 14.5 Å². The van der Waals surface area contributed by atoms with E-state index >= 15 is 0 Å². The first-order valence-electron chi connectivity index (χ1n) is 11.2. The van der Waals surface area contributed by atoms with Gasteiger partial charge in [-0.1, -0.05) is 12.1 Å². The van der Waals surface area contributed by atoms with Crippen LogP contribution in [0.4, 0.5) is 8.78 Å². The molecule has 3 aromatic rings. The highest BCUT2D eigenvalue weighted by atomic mass is 19.3. The number of alkyl halides is 2. The van der Waals surface area contributed by atoms with Gasteiger partial charge in [0, 0.05) is 35.9 Å². The lowest BCUT2D eigenvalue weighted by molar-refractivity contribution is -0.0505. The van der Waals surface area contributed by atoms with Gasteiger partial charge in [0.2, 0.25) is 0 Å². The summed E-state index contributed by atoms with van der Waals surface area (Å²) in [6.45, 7) is -2.98. The highest BCUT2D eigenvalue weighted by molar-refractivity contribution is 5.98. The van der Waals surface area contributed by atoms with Gasteiger partial charge >= 0.3 is 6.61 Å². The Morgan fingerprint density at radius 3 is 2.85 bits per heavy atom. The molecule has 2 bridgehead atoms. The number of halogens is 2. The van der Waals surface area contributed by atoms with E-state index in [0.717, 1.165) is 35.2 Å². The fourth-order valence-corrected chi connectivity index (χ4v) is 5.64. The Kier molecular flexibility index (Phi) is 4.55. The normalized spacial score (nSPS) is 24.0. The zero-order chi connectivity index (χ0) is 22.9. The van der Waals surface area contributed by atoms with Crippen molar-refractivity contribution in [2.45, 2.75) is 50.4 Å². The summed E-state index contributed by atoms with van der Waals surface area (Å²) in [6, 6.07) is 8.63. The number of benzene rings is 1. The number of aromatic nitrogens is 2. The second kappa shape index (κ2) is 7.38. The molecule has 0 saturated heterocycles. The number of carbonyl (C=O) groups is 1. The molecule has 1 unspecified atom stereocenters. The number of pyridine rings is 1. The van der Waals surface area contributed by atoms with Crippen LogP contribution in [0, 0.1) is 0 Å². The van der Waals surface area contributed by atoms with E-state index in [-0.39, 0.29) is 29.7 Å². The SMILES string of the molecule is CN1C(=O)c2cccc(OC(F)F)c2[C@H]2C[C@@H]1c1nn3ccc(C4=CCC(O)CC4)cc3c12. The fourth-order valence-electron chi connectivity index (χ4n) is 5.64. The maximum absolute atomic E-state index is 13.2. The van der Waals surface area contributed by atoms with Crippen molar-refractivity contribution < 1.29 is 23.4 Å². The highest BCUT2D eigenvalue weighted by Gasteiger charge is 2.46. The fraction of sp³-hybridized carbons (Fsp3) is 0.360. The van der Waals surface area contributed by atoms with Crippen molar-refractivity contribution in [2.75, 3.05) is 7.05 Å². The number of amides is 1. The Hall–Kier alpha value is -3.26. The monoisotopic (exact) mass is 451 g/mol. The third kappa shape index (κ3) is 3.08. The van der Waals surface area contributed by atoms with Crippen LogP contribution < -0.4 is 4.74 Å². The number of fused-ring (bicyclic) bond motifs is 9. The van der Waals surface area contributed by atoms with E-state index in [1.54, 1.807) is 24.1 Å². The Bertz CT molecular complexity index is 1320. The van der Waals surface area contributed by atoms with Crippen LogP contribution in [0.5, 0.6) is 5.75 Å². The molecule has 0 saturated carbocycles. The zero-order valence-corrected chi connectivity index (χ0v) is 18.0. The molecule has 6 rings (SSSR count). The largest absolute Gasteiger partial charge is 0.434 e. The third-order valence-corrected chi connectivity index (χ3v) is 7.23. The van der Waals surface area contributed by atoms with Crippen LogP contribution in [0.2, 0.25) is 0 Å². The minimum atomic E-state index is -2.98. The van der Waals surface area contributed by atoms with E-state index in [4.69, 9.17) is 9.84 Å². The van der Waals surface area contributed by atoms with Gasteiger partial charge in [-0.25, -0.2) is 4.52 Å². The number of rotatable bonds is 3. The Balaban J connectivity index is 1.55. The predicted molar refractivity (Wildman–Crippen MR) is 117 cm³/mol. The summed E-state index contributed by atoms with van der Waals surface area (Å²) in [5.74, 6) is -0.451. The summed E-state index contributed by atoms with van der Waals surface area (Å²) in [6.07, 6.45) is 6.43. The van der Waals surface area contributed by atoms with Gasteiger partial charge in [-0.05, 0) is 61.1 Å². The van der Waals surface area contributed by atoms with E-state index in [1.807, 2.05) is 16.8 Å². The van der Waals surface area contributed by atoms with Crippen molar-refractivity contribution in [3.8, 4) is 5.75 Å². The molecule has 8 heteroatoms. The van der Waals surface area contributed by atoms with Crippen molar-refractivity contribution in [2.24, 2.45) is 0 Å². The molecule has 3 atom stereocenters. The van der Waals surface area contributed by atoms with Crippen LogP contribution in [-0.4, -0.2) is 45.3 Å². The van der Waals surface area contributed by atoms with E-state index in [2.05, 4.69) is 12.1 Å². The molecule has 1 amide bonds. The Morgan fingerprint density at radius 1 is 1.24 bits per heavy atom. The Labute approximate surface area is 189 Å². The number of nitrogens with zero attached hydrogens (tertiary/aromatic N) is 3. The van der Waals surface area contributed by atoms with Crippen molar-refractivity contribution in [3.05, 3.63) is 70.6 Å². The van der Waals surface area contributed by atoms with Crippen LogP contribution in [-0.2, 0) is 0 Å². The topological polar surface area (TPSA) is 67.1 Å². The smallest absolute Gasteiger partial charge is 0.387 e. The standard InChI is InChI=1S/C25H23F2N3O3/c1-29-19-12-17(21-16(24(29)32)3-2-4-20(21)33-25(26)27)22-18-11-14(9-10-30(18)28-23(19)22)13-5-7-15(31)8-6-13/h2-5,9-11,15,17,19,25,31H,6-8,12H2,1H3/t15?,17-,19-/m1/s1. The molecule has 1 aliphatic heterocycles. The Morgan fingerprint density at radius 2 is 2.09 bits per heavy atom. The molecule has 170 valence electrons. The summed E-state index contributed by atoms with van der Waals surface area (Å²) in [7, 11) is 1.74. The minimum Gasteiger partial charge on any atom is -0.434 e. The summed E-state index contributed by atoms with van der Waals surface area (Å²) < 4.78 is 33.1. The van der Waals surface area contributed by atoms with E-state index in [1.165, 1.54) is 11.6 Å². The number of allylic oxidation sites excluding steroid dienone is 1. The van der Waals surface area contributed by atoms with Gasteiger partial charge in [0.05, 0.1) is 23.4 Å². The molecule has 0 fully saturated rings. The van der Waals surface area contributed by atoms with Gasteiger partial charge in [-0.3, -0.25) is 4.79 Å². The van der Waals surface area contributed by atoms with Crippen LogP contribution >= 0.6 is 0 Å². The van der Waals surface area contributed by atoms with Crippen molar-refractivity contribution >= 4 is 17.0 Å². The number of hydrogen-bond donors (Lipinski definition) is 1. The average Bonchev–Trinajstić information content (AvgIpc) is 3.32. The van der Waals surface area contributed by atoms with Crippen LogP contribution in [0.25, 0.3) is 11.1 Å². The van der Waals surface area contributed by atoms with Crippen LogP contribution in [0.1, 0.15) is 70.4 Å². The maximum Gasteiger partial charge on any atom is 0.387 e. The first kappa shape index (κ1) is 20.4. The molecule has 0 spiro atoms. The molecular formula is C25H23F2N3O3. The molecule has 0 radical (unpaired) electrons. The molecule has 33 heavy (non-hydrogen) atoms. The minimum absolute atomic E-state index is 0.0437. The lowest BCUT2D eigenvalue weighted by Gasteiger charge is -2.23. The summed E-state index contributed by atoms with van der Waals surface area (Å²) in [5.41, 5.74) is 5.83. The van der Waals surface area contributed by atoms with Gasteiger partial charge < -0.3 is 14.7 Å². The number of aliphatic hydroxyl groups excluding tert-OH is 1. The third-order valence-electron chi connectivity index (χ3n) is 7.23. The molecule has 3 heterocycles. The van der Waals surface area contributed by atoms with Gasteiger partial charge in [-0.2, -0.15) is 13.9 Å². The molecule has 6 nitrogen and oxygen atoms in total. The highest BCUT2D eigenvalue weighted by Crippen LogP contribution is 2.53. The second-order valence-corrected chi connectivity index (χ2v) is 9.02. The quantitative estimate of drug-likeness (QED) is 0.636. The van der Waals surface area contributed by atoms with Crippen molar-refractivity contribution in [1.29, 1.82) is 0 Å². The summed E-state index contributed by atoms with van der Waals surface area (Å²) >= 11 is 0. The molecule has 1 N–H and O–H groups in total. The van der Waals surface area contributed by atoms with Gasteiger partial charge in [0.1, 0.15) is 5.75 Å². The van der Waals surface area contributed by atoms with Gasteiger partial charge in [0.15, 0.2) is 0 Å². The number of ether oxygens (including phenoxy) is 1. The summed E-state index contributed by atoms with van der Waals surface area (Å²) in [4.78, 5) is 14.9. The second-order valence-electron chi connectivity index (χ2n) is 9.02. The number of hydrogen-bond acceptors (Lipinski definition) is 4. The predicted octanol–water partition coefficient (Wildman–Crippen LogP) is 4.53. The van der Waals surface area contributed by atoms with E-state index in [0.29, 0.717) is 24.0 Å². The molecule has 3 aliphatic rings. The zero-order valence-electron chi connectivity index (χ0n) is 18.0. The lowest BCUT2D eigenvalue weighted by Crippen LogP contribution is -2.30.